The second-order valence-electron chi connectivity index (χ2n) is 5.06. The average Bonchev–Trinajstić information content (AvgIpc) is 2.28. The van der Waals surface area contributed by atoms with E-state index in [1.165, 1.54) is 6.07 Å². The van der Waals surface area contributed by atoms with E-state index >= 15 is 0 Å². The highest BCUT2D eigenvalue weighted by Gasteiger charge is 2.10. The van der Waals surface area contributed by atoms with Crippen LogP contribution in [0.4, 0.5) is 4.39 Å². The number of amides is 1. The lowest BCUT2D eigenvalue weighted by molar-refractivity contribution is 0.0949. The number of halogens is 1. The van der Waals surface area contributed by atoms with Crippen molar-refractivity contribution in [2.24, 2.45) is 11.7 Å². The number of carbonyl (C=O) groups excluding carboxylic acids is 1. The topological polar surface area (TPSA) is 55.1 Å². The van der Waals surface area contributed by atoms with Crippen molar-refractivity contribution < 1.29 is 9.18 Å². The quantitative estimate of drug-likeness (QED) is 0.844. The summed E-state index contributed by atoms with van der Waals surface area (Å²) in [5, 5.41) is 2.72. The minimum Gasteiger partial charge on any atom is -0.350 e. The Morgan fingerprint density at radius 2 is 2.11 bits per heavy atom. The molecule has 0 aliphatic heterocycles. The van der Waals surface area contributed by atoms with E-state index in [-0.39, 0.29) is 17.8 Å². The Morgan fingerprint density at radius 1 is 1.44 bits per heavy atom. The van der Waals surface area contributed by atoms with Crippen LogP contribution in [0.15, 0.2) is 18.2 Å². The van der Waals surface area contributed by atoms with Gasteiger partial charge in [-0.15, -0.1) is 0 Å². The summed E-state index contributed by atoms with van der Waals surface area (Å²) < 4.78 is 13.3. The van der Waals surface area contributed by atoms with Gasteiger partial charge < -0.3 is 11.1 Å². The first-order chi connectivity index (χ1) is 8.40. The molecule has 1 unspecified atom stereocenters. The number of nitrogens with one attached hydrogen (secondary N) is 1. The van der Waals surface area contributed by atoms with Crippen molar-refractivity contribution in [2.45, 2.75) is 33.2 Å². The zero-order chi connectivity index (χ0) is 13.7. The summed E-state index contributed by atoms with van der Waals surface area (Å²) in [4.78, 5) is 11.8. The molecule has 0 radical (unpaired) electrons. The van der Waals surface area contributed by atoms with Gasteiger partial charge in [-0.05, 0) is 37.0 Å². The molecular weight excluding hydrogens is 231 g/mol. The van der Waals surface area contributed by atoms with Gasteiger partial charge in [0.15, 0.2) is 0 Å². The predicted octanol–water partition coefficient (Wildman–Crippen LogP) is 2.24. The fourth-order valence-corrected chi connectivity index (χ4v) is 1.75. The highest BCUT2D eigenvalue weighted by Crippen LogP contribution is 2.09. The van der Waals surface area contributed by atoms with Gasteiger partial charge in [0.2, 0.25) is 0 Å². The molecule has 0 spiro atoms. The molecule has 1 aromatic carbocycles. The minimum absolute atomic E-state index is 0.0655. The fourth-order valence-electron chi connectivity index (χ4n) is 1.75. The van der Waals surface area contributed by atoms with Crippen molar-refractivity contribution in [3.8, 4) is 0 Å². The Bertz CT molecular complexity index is 418. The van der Waals surface area contributed by atoms with Crippen LogP contribution in [-0.2, 0) is 0 Å². The van der Waals surface area contributed by atoms with Gasteiger partial charge in [-0.1, -0.05) is 19.9 Å². The van der Waals surface area contributed by atoms with Gasteiger partial charge in [-0.2, -0.15) is 0 Å². The lowest BCUT2D eigenvalue weighted by Gasteiger charge is -2.14. The summed E-state index contributed by atoms with van der Waals surface area (Å²) in [6, 6.07) is 4.39. The van der Waals surface area contributed by atoms with E-state index in [0.717, 1.165) is 6.42 Å². The van der Waals surface area contributed by atoms with Crippen LogP contribution >= 0.6 is 0 Å². The summed E-state index contributed by atoms with van der Waals surface area (Å²) in [6.07, 6.45) is 0.850. The summed E-state index contributed by atoms with van der Waals surface area (Å²) in [6.45, 7) is 6.23. The molecule has 0 bridgehead atoms. The van der Waals surface area contributed by atoms with E-state index in [1.807, 2.05) is 0 Å². The van der Waals surface area contributed by atoms with E-state index in [9.17, 15) is 9.18 Å². The number of benzene rings is 1. The molecule has 3 nitrogen and oxygen atoms in total. The minimum atomic E-state index is -0.367. The van der Waals surface area contributed by atoms with Crippen LogP contribution in [0, 0.1) is 18.7 Å². The number of carbonyl (C=O) groups is 1. The van der Waals surface area contributed by atoms with E-state index in [2.05, 4.69) is 19.2 Å². The van der Waals surface area contributed by atoms with Gasteiger partial charge in [0.05, 0.1) is 0 Å². The van der Waals surface area contributed by atoms with Crippen LogP contribution in [-0.4, -0.2) is 18.5 Å². The van der Waals surface area contributed by atoms with Crippen molar-refractivity contribution in [2.75, 3.05) is 6.54 Å². The van der Waals surface area contributed by atoms with Crippen LogP contribution < -0.4 is 11.1 Å². The van der Waals surface area contributed by atoms with E-state index < -0.39 is 0 Å². The van der Waals surface area contributed by atoms with Crippen LogP contribution in [0.25, 0.3) is 0 Å². The Morgan fingerprint density at radius 3 is 2.67 bits per heavy atom. The number of nitrogens with two attached hydrogens (primary N) is 1. The molecule has 0 saturated heterocycles. The molecule has 1 amide bonds. The Kier molecular flexibility index (Phi) is 5.28. The number of aryl methyl sites for hydroxylation is 1. The molecule has 0 fully saturated rings. The first-order valence-corrected chi connectivity index (χ1v) is 6.20. The third kappa shape index (κ3) is 4.45. The Balaban J connectivity index is 2.52. The number of hydrogen-bond acceptors (Lipinski definition) is 2. The first kappa shape index (κ1) is 14.6. The molecule has 18 heavy (non-hydrogen) atoms. The van der Waals surface area contributed by atoms with E-state index in [1.54, 1.807) is 19.1 Å². The Hall–Kier alpha value is -1.42. The van der Waals surface area contributed by atoms with Gasteiger partial charge in [0.25, 0.3) is 5.91 Å². The number of hydrogen-bond donors (Lipinski definition) is 2. The normalized spacial score (nSPS) is 12.6. The maximum Gasteiger partial charge on any atom is 0.251 e. The second kappa shape index (κ2) is 6.50. The van der Waals surface area contributed by atoms with Crippen molar-refractivity contribution >= 4 is 5.91 Å². The molecule has 0 saturated carbocycles. The molecule has 0 heterocycles. The highest BCUT2D eigenvalue weighted by molar-refractivity contribution is 5.94. The van der Waals surface area contributed by atoms with E-state index in [0.29, 0.717) is 23.6 Å². The molecule has 0 aliphatic rings. The van der Waals surface area contributed by atoms with Crippen molar-refractivity contribution in [3.05, 3.63) is 35.1 Å². The van der Waals surface area contributed by atoms with Gasteiger partial charge in [0.1, 0.15) is 5.82 Å². The molecule has 0 aliphatic carbocycles. The van der Waals surface area contributed by atoms with Gasteiger partial charge >= 0.3 is 0 Å². The fraction of sp³-hybridized carbons (Fsp3) is 0.500. The Labute approximate surface area is 108 Å². The standard InChI is InChI=1S/C14H21FN2O/c1-9(2)6-12(16)8-17-14(18)11-5-4-10(3)13(15)7-11/h4-5,7,9,12H,6,8,16H2,1-3H3,(H,17,18). The molecule has 1 aromatic rings. The van der Waals surface area contributed by atoms with Crippen LogP contribution in [0.2, 0.25) is 0 Å². The monoisotopic (exact) mass is 252 g/mol. The summed E-state index contributed by atoms with van der Waals surface area (Å²) in [5.74, 6) is -0.157. The SMILES string of the molecule is Cc1ccc(C(=O)NCC(N)CC(C)C)cc1F. The van der Waals surface area contributed by atoms with E-state index in [4.69, 9.17) is 5.73 Å². The molecule has 3 N–H and O–H groups in total. The second-order valence-corrected chi connectivity index (χ2v) is 5.06. The summed E-state index contributed by atoms with van der Waals surface area (Å²) in [7, 11) is 0. The zero-order valence-electron chi connectivity index (χ0n) is 11.2. The lowest BCUT2D eigenvalue weighted by Crippen LogP contribution is -2.38. The van der Waals surface area contributed by atoms with Gasteiger partial charge in [-0.25, -0.2) is 4.39 Å². The third-order valence-electron chi connectivity index (χ3n) is 2.73. The molecule has 1 atom stereocenters. The lowest BCUT2D eigenvalue weighted by atomic mass is 10.0. The molecule has 0 aromatic heterocycles. The maximum atomic E-state index is 13.3. The van der Waals surface area contributed by atoms with Crippen LogP contribution in [0.3, 0.4) is 0 Å². The smallest absolute Gasteiger partial charge is 0.251 e. The van der Waals surface area contributed by atoms with Crippen molar-refractivity contribution in [1.82, 2.24) is 5.32 Å². The van der Waals surface area contributed by atoms with Crippen molar-refractivity contribution in [1.29, 1.82) is 0 Å². The summed E-state index contributed by atoms with van der Waals surface area (Å²) in [5.41, 5.74) is 6.73. The van der Waals surface area contributed by atoms with Crippen LogP contribution in [0.1, 0.15) is 36.2 Å². The first-order valence-electron chi connectivity index (χ1n) is 6.20. The van der Waals surface area contributed by atoms with Crippen molar-refractivity contribution in [3.63, 3.8) is 0 Å². The highest BCUT2D eigenvalue weighted by atomic mass is 19.1. The molecule has 4 heteroatoms. The third-order valence-corrected chi connectivity index (χ3v) is 2.73. The number of rotatable bonds is 5. The maximum absolute atomic E-state index is 13.3. The predicted molar refractivity (Wildman–Crippen MR) is 70.9 cm³/mol. The summed E-state index contributed by atoms with van der Waals surface area (Å²) >= 11 is 0. The largest absolute Gasteiger partial charge is 0.350 e. The zero-order valence-corrected chi connectivity index (χ0v) is 11.2. The van der Waals surface area contributed by atoms with Crippen LogP contribution in [0.5, 0.6) is 0 Å². The average molecular weight is 252 g/mol. The van der Waals surface area contributed by atoms with Gasteiger partial charge in [0, 0.05) is 18.2 Å². The molecule has 100 valence electrons. The van der Waals surface area contributed by atoms with Gasteiger partial charge in [-0.3, -0.25) is 4.79 Å². The molecule has 1 rings (SSSR count). The molecular formula is C14H21FN2O.